The molecule has 0 unspecified atom stereocenters. The maximum absolute atomic E-state index is 14.3. The summed E-state index contributed by atoms with van der Waals surface area (Å²) in [5, 5.41) is 3.30. The van der Waals surface area contributed by atoms with E-state index in [-0.39, 0.29) is 18.3 Å². The minimum absolute atomic E-state index is 0.120. The van der Waals surface area contributed by atoms with Crippen LogP contribution in [0.15, 0.2) is 18.2 Å². The molecule has 1 aliphatic carbocycles. The number of carbonyl (C=O) groups is 2. The minimum atomic E-state index is -1.01. The van der Waals surface area contributed by atoms with Crippen molar-refractivity contribution in [2.45, 2.75) is 44.2 Å². The van der Waals surface area contributed by atoms with Gasteiger partial charge in [0.05, 0.1) is 18.6 Å². The highest BCUT2D eigenvalue weighted by Crippen LogP contribution is 2.35. The lowest BCUT2D eigenvalue weighted by Crippen LogP contribution is -2.56. The number of ether oxygens (including phenoxy) is 2. The Hall–Kier alpha value is -1.99. The van der Waals surface area contributed by atoms with Crippen molar-refractivity contribution in [1.82, 2.24) is 5.32 Å². The molecule has 7 heteroatoms. The number of rotatable bonds is 5. The third-order valence-corrected chi connectivity index (χ3v) is 6.09. The molecule has 0 bridgehead atoms. The Morgan fingerprint density at radius 2 is 1.96 bits per heavy atom. The van der Waals surface area contributed by atoms with E-state index in [9.17, 15) is 14.0 Å². The summed E-state index contributed by atoms with van der Waals surface area (Å²) >= 11 is 1.21. The topological polar surface area (TPSA) is 64.6 Å². The molecule has 1 heterocycles. The number of methoxy groups -OCH3 is 2. The predicted octanol–water partition coefficient (Wildman–Crippen LogP) is 3.79. The van der Waals surface area contributed by atoms with Gasteiger partial charge in [0.2, 0.25) is 0 Å². The van der Waals surface area contributed by atoms with Crippen LogP contribution >= 0.6 is 11.3 Å². The first kappa shape index (κ1) is 18.8. The third kappa shape index (κ3) is 3.33. The van der Waals surface area contributed by atoms with Crippen LogP contribution in [0.5, 0.6) is 0 Å². The van der Waals surface area contributed by atoms with Crippen molar-refractivity contribution in [3.63, 3.8) is 0 Å². The Morgan fingerprint density at radius 1 is 1.23 bits per heavy atom. The molecule has 0 atom stereocenters. The molecule has 140 valence electrons. The zero-order valence-corrected chi connectivity index (χ0v) is 15.7. The third-order valence-electron chi connectivity index (χ3n) is 4.89. The van der Waals surface area contributed by atoms with E-state index >= 15 is 0 Å². The van der Waals surface area contributed by atoms with Crippen LogP contribution in [-0.4, -0.2) is 31.6 Å². The maximum atomic E-state index is 14.3. The molecule has 0 radical (unpaired) electrons. The van der Waals surface area contributed by atoms with Crippen LogP contribution in [0.25, 0.3) is 10.1 Å². The smallest absolute Gasteiger partial charge is 0.331 e. The van der Waals surface area contributed by atoms with Crippen LogP contribution < -0.4 is 5.32 Å². The van der Waals surface area contributed by atoms with E-state index in [1.54, 1.807) is 12.1 Å². The van der Waals surface area contributed by atoms with Gasteiger partial charge in [-0.2, -0.15) is 0 Å². The van der Waals surface area contributed by atoms with Crippen LogP contribution in [0.4, 0.5) is 4.39 Å². The van der Waals surface area contributed by atoms with Gasteiger partial charge in [-0.1, -0.05) is 25.3 Å². The SMILES string of the molecule is COCc1c(C(=O)NC2(C(=O)OC)CCCCC2)sc2cccc(F)c12. The number of hydrogen-bond donors (Lipinski definition) is 1. The average molecular weight is 379 g/mol. The van der Waals surface area contributed by atoms with Gasteiger partial charge >= 0.3 is 5.97 Å². The molecule has 1 saturated carbocycles. The van der Waals surface area contributed by atoms with Gasteiger partial charge in [-0.05, 0) is 25.0 Å². The van der Waals surface area contributed by atoms with Gasteiger partial charge < -0.3 is 14.8 Å². The van der Waals surface area contributed by atoms with E-state index in [1.807, 2.05) is 0 Å². The number of fused-ring (bicyclic) bond motifs is 1. The average Bonchev–Trinajstić information content (AvgIpc) is 3.02. The summed E-state index contributed by atoms with van der Waals surface area (Å²) in [6.45, 7) is 0.120. The molecule has 5 nitrogen and oxygen atoms in total. The second-order valence-corrected chi connectivity index (χ2v) is 7.60. The van der Waals surface area contributed by atoms with Crippen molar-refractivity contribution < 1.29 is 23.5 Å². The van der Waals surface area contributed by atoms with Gasteiger partial charge in [0, 0.05) is 22.8 Å². The first-order valence-electron chi connectivity index (χ1n) is 8.62. The zero-order chi connectivity index (χ0) is 18.7. The molecular formula is C19H22FNO4S. The van der Waals surface area contributed by atoms with E-state index in [4.69, 9.17) is 9.47 Å². The highest BCUT2D eigenvalue weighted by atomic mass is 32.1. The monoisotopic (exact) mass is 379 g/mol. The van der Waals surface area contributed by atoms with Crippen molar-refractivity contribution in [3.05, 3.63) is 34.5 Å². The van der Waals surface area contributed by atoms with Crippen molar-refractivity contribution in [2.24, 2.45) is 0 Å². The summed E-state index contributed by atoms with van der Waals surface area (Å²) in [7, 11) is 2.83. The van der Waals surface area contributed by atoms with Gasteiger partial charge in [0.15, 0.2) is 0 Å². The molecule has 1 aromatic heterocycles. The summed E-state index contributed by atoms with van der Waals surface area (Å²) in [6.07, 6.45) is 3.81. The number of nitrogens with one attached hydrogen (secondary N) is 1. The van der Waals surface area contributed by atoms with Crippen molar-refractivity contribution in [2.75, 3.05) is 14.2 Å². The molecule has 1 N–H and O–H groups in total. The summed E-state index contributed by atoms with van der Waals surface area (Å²) in [5.41, 5.74) is -0.498. The highest BCUT2D eigenvalue weighted by Gasteiger charge is 2.42. The Bertz CT molecular complexity index is 826. The second-order valence-electron chi connectivity index (χ2n) is 6.54. The van der Waals surface area contributed by atoms with Crippen LogP contribution in [0.2, 0.25) is 0 Å². The zero-order valence-electron chi connectivity index (χ0n) is 14.9. The Balaban J connectivity index is 2.00. The van der Waals surface area contributed by atoms with Crippen LogP contribution in [0, 0.1) is 5.82 Å². The molecule has 3 rings (SSSR count). The van der Waals surface area contributed by atoms with Crippen LogP contribution in [0.3, 0.4) is 0 Å². The first-order chi connectivity index (χ1) is 12.5. The van der Waals surface area contributed by atoms with E-state index in [1.165, 1.54) is 31.6 Å². The Labute approximate surface area is 155 Å². The van der Waals surface area contributed by atoms with Crippen molar-refractivity contribution in [3.8, 4) is 0 Å². The molecule has 1 amide bonds. The highest BCUT2D eigenvalue weighted by molar-refractivity contribution is 7.21. The summed E-state index contributed by atoms with van der Waals surface area (Å²) in [4.78, 5) is 25.8. The molecule has 26 heavy (non-hydrogen) atoms. The standard InChI is InChI=1S/C19H22FNO4S/c1-24-11-12-15-13(20)7-6-8-14(15)26-16(12)17(22)21-19(18(23)25-2)9-4-3-5-10-19/h6-8H,3-5,9-11H2,1-2H3,(H,21,22). The van der Waals surface area contributed by atoms with Gasteiger partial charge in [0.25, 0.3) is 5.91 Å². The number of amides is 1. The van der Waals surface area contributed by atoms with E-state index in [2.05, 4.69) is 5.32 Å². The lowest BCUT2D eigenvalue weighted by atomic mass is 9.81. The Morgan fingerprint density at radius 3 is 2.62 bits per heavy atom. The molecule has 0 aliphatic heterocycles. The molecule has 0 saturated heterocycles. The first-order valence-corrected chi connectivity index (χ1v) is 9.44. The fraction of sp³-hybridized carbons (Fsp3) is 0.474. The molecular weight excluding hydrogens is 357 g/mol. The molecule has 1 aliphatic rings. The fourth-order valence-corrected chi connectivity index (χ4v) is 4.75. The molecule has 2 aromatic rings. The fourth-order valence-electron chi connectivity index (χ4n) is 3.64. The van der Waals surface area contributed by atoms with Crippen molar-refractivity contribution in [1.29, 1.82) is 0 Å². The Kier molecular flexibility index (Phi) is 5.58. The normalized spacial score (nSPS) is 16.4. The number of thiophene rings is 1. The number of carbonyl (C=O) groups excluding carboxylic acids is 2. The van der Waals surface area contributed by atoms with Gasteiger partial charge in [0.1, 0.15) is 11.4 Å². The largest absolute Gasteiger partial charge is 0.467 e. The molecule has 0 spiro atoms. The number of hydrogen-bond acceptors (Lipinski definition) is 5. The molecule has 1 aromatic carbocycles. The van der Waals surface area contributed by atoms with E-state index in [0.29, 0.717) is 33.4 Å². The van der Waals surface area contributed by atoms with Gasteiger partial charge in [-0.3, -0.25) is 4.79 Å². The predicted molar refractivity (Wildman–Crippen MR) is 97.8 cm³/mol. The number of halogens is 1. The number of esters is 1. The summed E-state index contributed by atoms with van der Waals surface area (Å²) in [5.74, 6) is -1.19. The lowest BCUT2D eigenvalue weighted by Gasteiger charge is -2.35. The second kappa shape index (κ2) is 7.72. The van der Waals surface area contributed by atoms with E-state index in [0.717, 1.165) is 19.3 Å². The number of benzene rings is 1. The lowest BCUT2D eigenvalue weighted by molar-refractivity contribution is -0.149. The van der Waals surface area contributed by atoms with Crippen LogP contribution in [-0.2, 0) is 20.9 Å². The minimum Gasteiger partial charge on any atom is -0.467 e. The maximum Gasteiger partial charge on any atom is 0.331 e. The molecule has 1 fully saturated rings. The van der Waals surface area contributed by atoms with Crippen molar-refractivity contribution >= 4 is 33.3 Å². The van der Waals surface area contributed by atoms with Crippen LogP contribution in [0.1, 0.15) is 47.3 Å². The van der Waals surface area contributed by atoms with E-state index < -0.39 is 11.5 Å². The van der Waals surface area contributed by atoms with Gasteiger partial charge in [-0.15, -0.1) is 11.3 Å². The summed E-state index contributed by atoms with van der Waals surface area (Å²) in [6, 6.07) is 4.76. The van der Waals surface area contributed by atoms with Gasteiger partial charge in [-0.25, -0.2) is 9.18 Å². The summed E-state index contributed by atoms with van der Waals surface area (Å²) < 4.78 is 25.1. The quantitative estimate of drug-likeness (QED) is 0.803.